The number of ether oxygens (including phenoxy) is 1. The molecule has 0 aromatic heterocycles. The van der Waals surface area contributed by atoms with Gasteiger partial charge in [-0.25, -0.2) is 0 Å². The molecule has 0 bridgehead atoms. The smallest absolute Gasteiger partial charge is 0.255 e. The Morgan fingerprint density at radius 1 is 0.960 bits per heavy atom. The molecule has 1 fully saturated rings. The van der Waals surface area contributed by atoms with Crippen LogP contribution in [0.4, 0.5) is 5.69 Å². The lowest BCUT2D eigenvalue weighted by molar-refractivity contribution is 0.0949. The lowest BCUT2D eigenvalue weighted by atomic mass is 10.1. The first kappa shape index (κ1) is 15.7. The Bertz CT molecular complexity index is 810. The standard InChI is InChI=1S/C20H20N2O3/c23-19(21-16-7-8-16)13-3-5-14(6-4-13)20(24)22-17-9-10-18-15(12-17)2-1-11-25-18/h3-6,9-10,12,16H,1-2,7-8,11H2,(H,21,23)(H,22,24). The Balaban J connectivity index is 1.43. The molecule has 5 heteroatoms. The van der Waals surface area contributed by atoms with E-state index in [1.807, 2.05) is 18.2 Å². The van der Waals surface area contributed by atoms with Crippen LogP contribution in [0.1, 0.15) is 45.5 Å². The molecule has 25 heavy (non-hydrogen) atoms. The number of rotatable bonds is 4. The molecular formula is C20H20N2O3. The van der Waals surface area contributed by atoms with E-state index < -0.39 is 0 Å². The number of amides is 2. The molecule has 2 amide bonds. The van der Waals surface area contributed by atoms with Crippen LogP contribution in [-0.2, 0) is 6.42 Å². The highest BCUT2D eigenvalue weighted by molar-refractivity contribution is 6.05. The lowest BCUT2D eigenvalue weighted by Gasteiger charge is -2.18. The molecule has 2 N–H and O–H groups in total. The second-order valence-corrected chi connectivity index (χ2v) is 6.55. The highest BCUT2D eigenvalue weighted by Crippen LogP contribution is 2.27. The molecule has 1 saturated carbocycles. The van der Waals surface area contributed by atoms with E-state index in [0.29, 0.717) is 17.2 Å². The molecule has 1 aliphatic carbocycles. The second kappa shape index (κ2) is 6.59. The topological polar surface area (TPSA) is 67.4 Å². The molecule has 0 unspecified atom stereocenters. The number of carbonyl (C=O) groups is 2. The Labute approximate surface area is 146 Å². The van der Waals surface area contributed by atoms with Crippen LogP contribution in [-0.4, -0.2) is 24.5 Å². The van der Waals surface area contributed by atoms with Gasteiger partial charge in [-0.3, -0.25) is 9.59 Å². The monoisotopic (exact) mass is 336 g/mol. The fourth-order valence-corrected chi connectivity index (χ4v) is 2.91. The zero-order valence-electron chi connectivity index (χ0n) is 13.9. The Hall–Kier alpha value is -2.82. The van der Waals surface area contributed by atoms with Crippen molar-refractivity contribution >= 4 is 17.5 Å². The van der Waals surface area contributed by atoms with Gasteiger partial charge in [-0.1, -0.05) is 0 Å². The van der Waals surface area contributed by atoms with Crippen LogP contribution in [0.15, 0.2) is 42.5 Å². The molecule has 4 rings (SSSR count). The van der Waals surface area contributed by atoms with Crippen LogP contribution in [0.25, 0.3) is 0 Å². The van der Waals surface area contributed by atoms with Crippen LogP contribution < -0.4 is 15.4 Å². The molecule has 2 aromatic carbocycles. The molecule has 1 heterocycles. The van der Waals surface area contributed by atoms with Gasteiger partial charge in [0.25, 0.3) is 11.8 Å². The van der Waals surface area contributed by atoms with E-state index in [1.165, 1.54) is 0 Å². The molecule has 0 spiro atoms. The molecular weight excluding hydrogens is 316 g/mol. The van der Waals surface area contributed by atoms with Crippen LogP contribution in [0, 0.1) is 0 Å². The maximum absolute atomic E-state index is 12.4. The van der Waals surface area contributed by atoms with E-state index >= 15 is 0 Å². The minimum Gasteiger partial charge on any atom is -0.493 e. The van der Waals surface area contributed by atoms with E-state index in [-0.39, 0.29) is 11.8 Å². The summed E-state index contributed by atoms with van der Waals surface area (Å²) in [6.07, 6.45) is 4.06. The van der Waals surface area contributed by atoms with Gasteiger partial charge in [0.15, 0.2) is 0 Å². The molecule has 5 nitrogen and oxygen atoms in total. The van der Waals surface area contributed by atoms with Gasteiger partial charge in [-0.15, -0.1) is 0 Å². The summed E-state index contributed by atoms with van der Waals surface area (Å²) >= 11 is 0. The van der Waals surface area contributed by atoms with Crippen molar-refractivity contribution in [2.24, 2.45) is 0 Å². The predicted octanol–water partition coefficient (Wildman–Crippen LogP) is 3.16. The van der Waals surface area contributed by atoms with Crippen molar-refractivity contribution in [2.45, 2.75) is 31.7 Å². The van der Waals surface area contributed by atoms with Gasteiger partial charge >= 0.3 is 0 Å². The first-order chi connectivity index (χ1) is 12.2. The number of carbonyl (C=O) groups excluding carboxylic acids is 2. The maximum Gasteiger partial charge on any atom is 0.255 e. The van der Waals surface area contributed by atoms with Crippen molar-refractivity contribution in [1.29, 1.82) is 0 Å². The van der Waals surface area contributed by atoms with Gasteiger partial charge in [-0.05, 0) is 73.7 Å². The predicted molar refractivity (Wildman–Crippen MR) is 95.1 cm³/mol. The summed E-state index contributed by atoms with van der Waals surface area (Å²) in [5, 5.41) is 5.84. The summed E-state index contributed by atoms with van der Waals surface area (Å²) < 4.78 is 5.58. The molecule has 1 aliphatic heterocycles. The average molecular weight is 336 g/mol. The largest absolute Gasteiger partial charge is 0.493 e. The van der Waals surface area contributed by atoms with Gasteiger partial charge < -0.3 is 15.4 Å². The van der Waals surface area contributed by atoms with Gasteiger partial charge in [0.2, 0.25) is 0 Å². The summed E-state index contributed by atoms with van der Waals surface area (Å²) in [7, 11) is 0. The molecule has 0 atom stereocenters. The fraction of sp³-hybridized carbons (Fsp3) is 0.300. The number of nitrogens with one attached hydrogen (secondary N) is 2. The first-order valence-electron chi connectivity index (χ1n) is 8.67. The molecule has 128 valence electrons. The quantitative estimate of drug-likeness (QED) is 0.901. The van der Waals surface area contributed by atoms with Gasteiger partial charge in [0, 0.05) is 22.9 Å². The summed E-state index contributed by atoms with van der Waals surface area (Å²) in [6.45, 7) is 0.749. The maximum atomic E-state index is 12.4. The van der Waals surface area contributed by atoms with Crippen LogP contribution in [0.3, 0.4) is 0 Å². The Morgan fingerprint density at radius 3 is 2.40 bits per heavy atom. The molecule has 0 radical (unpaired) electrons. The van der Waals surface area contributed by atoms with Crippen LogP contribution in [0.5, 0.6) is 5.75 Å². The van der Waals surface area contributed by atoms with Crippen molar-refractivity contribution in [3.8, 4) is 5.75 Å². The summed E-state index contributed by atoms with van der Waals surface area (Å²) in [6, 6.07) is 12.8. The number of hydrogen-bond donors (Lipinski definition) is 2. The van der Waals surface area contributed by atoms with E-state index in [9.17, 15) is 9.59 Å². The van der Waals surface area contributed by atoms with Gasteiger partial charge in [0.05, 0.1) is 6.61 Å². The number of anilines is 1. The average Bonchev–Trinajstić information content (AvgIpc) is 3.45. The van der Waals surface area contributed by atoms with Crippen LogP contribution in [0.2, 0.25) is 0 Å². The van der Waals surface area contributed by atoms with Crippen molar-refractivity contribution in [1.82, 2.24) is 5.32 Å². The highest BCUT2D eigenvalue weighted by atomic mass is 16.5. The van der Waals surface area contributed by atoms with E-state index in [0.717, 1.165) is 49.3 Å². The zero-order valence-corrected chi connectivity index (χ0v) is 13.9. The Morgan fingerprint density at radius 2 is 1.68 bits per heavy atom. The third kappa shape index (κ3) is 3.65. The number of fused-ring (bicyclic) bond motifs is 1. The zero-order chi connectivity index (χ0) is 17.2. The van der Waals surface area contributed by atoms with E-state index in [1.54, 1.807) is 24.3 Å². The van der Waals surface area contributed by atoms with E-state index in [4.69, 9.17) is 4.74 Å². The number of hydrogen-bond acceptors (Lipinski definition) is 3. The third-order valence-electron chi connectivity index (χ3n) is 4.49. The molecule has 0 saturated heterocycles. The number of benzene rings is 2. The first-order valence-corrected chi connectivity index (χ1v) is 8.67. The summed E-state index contributed by atoms with van der Waals surface area (Å²) in [4.78, 5) is 24.4. The minimum atomic E-state index is -0.189. The highest BCUT2D eigenvalue weighted by Gasteiger charge is 2.23. The lowest BCUT2D eigenvalue weighted by Crippen LogP contribution is -2.25. The van der Waals surface area contributed by atoms with Crippen molar-refractivity contribution in [3.05, 3.63) is 59.2 Å². The fourth-order valence-electron chi connectivity index (χ4n) is 2.91. The minimum absolute atomic E-state index is 0.0795. The molecule has 2 aliphatic rings. The summed E-state index contributed by atoms with van der Waals surface area (Å²) in [5.74, 6) is 0.630. The SMILES string of the molecule is O=C(Nc1ccc2c(c1)CCCO2)c1ccc(C(=O)NC2CC2)cc1. The summed E-state index contributed by atoms with van der Waals surface area (Å²) in [5.41, 5.74) is 2.98. The van der Waals surface area contributed by atoms with Crippen molar-refractivity contribution in [2.75, 3.05) is 11.9 Å². The number of aryl methyl sites for hydroxylation is 1. The van der Waals surface area contributed by atoms with Crippen molar-refractivity contribution in [3.63, 3.8) is 0 Å². The third-order valence-corrected chi connectivity index (χ3v) is 4.49. The second-order valence-electron chi connectivity index (χ2n) is 6.55. The normalized spacial score (nSPS) is 15.7. The van der Waals surface area contributed by atoms with Crippen LogP contribution >= 0.6 is 0 Å². The van der Waals surface area contributed by atoms with E-state index in [2.05, 4.69) is 10.6 Å². The van der Waals surface area contributed by atoms with Gasteiger partial charge in [-0.2, -0.15) is 0 Å². The van der Waals surface area contributed by atoms with Gasteiger partial charge in [0.1, 0.15) is 5.75 Å². The van der Waals surface area contributed by atoms with Crippen molar-refractivity contribution < 1.29 is 14.3 Å². The molecule has 2 aromatic rings. The Kier molecular flexibility index (Phi) is 4.14.